The minimum absolute atomic E-state index is 0.0157. The SMILES string of the molecule is C[C@]1(C(N)=O)COc2c1cc(C(O)(CNC(=O)c1cc3cccnc3s1)C(F)(F)F)nc2-c1ccc(F)cc1. The summed E-state index contributed by atoms with van der Waals surface area (Å²) in [6.45, 7) is -0.179. The molecule has 1 aromatic carbocycles. The molecule has 0 bridgehead atoms. The van der Waals surface area contributed by atoms with Crippen molar-refractivity contribution in [2.45, 2.75) is 24.1 Å². The molecule has 0 fully saturated rings. The molecule has 4 aromatic rings. The van der Waals surface area contributed by atoms with E-state index < -0.39 is 47.1 Å². The number of ether oxygens (including phenoxy) is 1. The molecule has 13 heteroatoms. The van der Waals surface area contributed by atoms with Gasteiger partial charge in [-0.15, -0.1) is 11.3 Å². The fourth-order valence-corrected chi connectivity index (χ4v) is 5.14. The number of alkyl halides is 3. The molecule has 0 saturated carbocycles. The molecule has 0 spiro atoms. The van der Waals surface area contributed by atoms with Crippen LogP contribution in [-0.2, 0) is 15.8 Å². The highest BCUT2D eigenvalue weighted by Gasteiger charge is 2.57. The number of halogens is 4. The third-order valence-electron chi connectivity index (χ3n) is 6.65. The van der Waals surface area contributed by atoms with E-state index >= 15 is 0 Å². The number of carbonyl (C=O) groups excluding carboxylic acids is 2. The Hall–Kier alpha value is -4.10. The van der Waals surface area contributed by atoms with Gasteiger partial charge in [-0.3, -0.25) is 9.59 Å². The second-order valence-electron chi connectivity index (χ2n) is 9.27. The molecule has 2 atom stereocenters. The molecule has 0 radical (unpaired) electrons. The number of primary amides is 1. The van der Waals surface area contributed by atoms with Gasteiger partial charge >= 0.3 is 6.18 Å². The lowest BCUT2D eigenvalue weighted by Crippen LogP contribution is -2.51. The van der Waals surface area contributed by atoms with Gasteiger partial charge in [-0.1, -0.05) is 6.07 Å². The molecule has 3 aromatic heterocycles. The Kier molecular flexibility index (Phi) is 6.30. The van der Waals surface area contributed by atoms with Crippen LogP contribution in [0.1, 0.15) is 27.9 Å². The van der Waals surface area contributed by atoms with Crippen molar-refractivity contribution in [1.29, 1.82) is 0 Å². The van der Waals surface area contributed by atoms with Crippen LogP contribution in [0.15, 0.2) is 54.7 Å². The van der Waals surface area contributed by atoms with Crippen molar-refractivity contribution in [3.8, 4) is 17.0 Å². The van der Waals surface area contributed by atoms with Crippen molar-refractivity contribution in [3.05, 3.63) is 76.7 Å². The summed E-state index contributed by atoms with van der Waals surface area (Å²) in [4.78, 5) is 33.9. The van der Waals surface area contributed by atoms with Gasteiger partial charge in [0.1, 0.15) is 34.1 Å². The summed E-state index contributed by atoms with van der Waals surface area (Å²) in [6.07, 6.45) is -3.80. The lowest BCUT2D eigenvalue weighted by Gasteiger charge is -2.31. The number of hydrogen-bond acceptors (Lipinski definition) is 7. The van der Waals surface area contributed by atoms with Gasteiger partial charge in [0.2, 0.25) is 11.5 Å². The number of nitrogens with zero attached hydrogens (tertiary/aromatic N) is 2. The summed E-state index contributed by atoms with van der Waals surface area (Å²) in [6, 6.07) is 10.4. The molecule has 4 heterocycles. The first-order valence-electron chi connectivity index (χ1n) is 11.5. The molecule has 1 aliphatic heterocycles. The molecule has 0 aliphatic carbocycles. The minimum atomic E-state index is -5.31. The molecule has 5 rings (SSSR count). The summed E-state index contributed by atoms with van der Waals surface area (Å²) in [5.41, 5.74) is -0.560. The van der Waals surface area contributed by atoms with E-state index in [1.807, 2.05) is 0 Å². The Morgan fingerprint density at radius 2 is 1.92 bits per heavy atom. The Balaban J connectivity index is 1.59. The maximum atomic E-state index is 14.5. The van der Waals surface area contributed by atoms with E-state index in [2.05, 4.69) is 15.3 Å². The van der Waals surface area contributed by atoms with Crippen molar-refractivity contribution in [1.82, 2.24) is 15.3 Å². The second kappa shape index (κ2) is 9.27. The Labute approximate surface area is 222 Å². The van der Waals surface area contributed by atoms with Crippen LogP contribution in [0, 0.1) is 5.82 Å². The molecule has 8 nitrogen and oxygen atoms in total. The number of hydrogen-bond donors (Lipinski definition) is 3. The van der Waals surface area contributed by atoms with Crippen LogP contribution in [0.2, 0.25) is 0 Å². The van der Waals surface area contributed by atoms with E-state index in [1.54, 1.807) is 12.1 Å². The molecule has 1 aliphatic rings. The topological polar surface area (TPSA) is 127 Å². The van der Waals surface area contributed by atoms with Gasteiger partial charge in [0.25, 0.3) is 5.91 Å². The van der Waals surface area contributed by atoms with Crippen LogP contribution in [-0.4, -0.2) is 46.2 Å². The van der Waals surface area contributed by atoms with E-state index in [0.717, 1.165) is 29.5 Å². The normalized spacial score (nSPS) is 18.3. The number of aromatic nitrogens is 2. The van der Waals surface area contributed by atoms with E-state index in [4.69, 9.17) is 10.5 Å². The van der Waals surface area contributed by atoms with Crippen LogP contribution >= 0.6 is 11.3 Å². The fourth-order valence-electron chi connectivity index (χ4n) is 4.22. The van der Waals surface area contributed by atoms with Gasteiger partial charge in [0, 0.05) is 22.7 Å². The predicted molar refractivity (Wildman–Crippen MR) is 134 cm³/mol. The molecule has 2 amide bonds. The summed E-state index contributed by atoms with van der Waals surface area (Å²) >= 11 is 0.979. The number of fused-ring (bicyclic) bond motifs is 2. The van der Waals surface area contributed by atoms with E-state index in [1.165, 1.54) is 31.3 Å². The molecule has 39 heavy (non-hydrogen) atoms. The van der Waals surface area contributed by atoms with E-state index in [9.17, 15) is 32.3 Å². The molecular weight excluding hydrogens is 540 g/mol. The van der Waals surface area contributed by atoms with Gasteiger partial charge in [-0.05, 0) is 49.4 Å². The number of benzene rings is 1. The lowest BCUT2D eigenvalue weighted by atomic mass is 9.81. The number of nitrogens with one attached hydrogen (secondary N) is 1. The van der Waals surface area contributed by atoms with Gasteiger partial charge in [-0.2, -0.15) is 13.2 Å². The van der Waals surface area contributed by atoms with Gasteiger partial charge in [0.15, 0.2) is 0 Å². The number of pyridine rings is 2. The molecule has 0 saturated heterocycles. The standard InChI is InChI=1S/C26H20F4N4O4S/c1-24(23(31)36)12-38-20-16(24)10-18(34-19(20)13-4-6-15(27)7-5-13)25(37,26(28,29)30)11-33-21(35)17-9-14-3-2-8-32-22(14)39-17/h2-10,37H,11-12H2,1H3,(H2,31,36)(H,33,35)/t24-,25?/m0/s1. The van der Waals surface area contributed by atoms with Crippen LogP contribution in [0.5, 0.6) is 5.75 Å². The van der Waals surface area contributed by atoms with Crippen molar-refractivity contribution in [2.24, 2.45) is 5.73 Å². The smallest absolute Gasteiger partial charge is 0.424 e. The highest BCUT2D eigenvalue weighted by atomic mass is 32.1. The number of rotatable bonds is 6. The maximum absolute atomic E-state index is 14.5. The summed E-state index contributed by atoms with van der Waals surface area (Å²) in [7, 11) is 0. The minimum Gasteiger partial charge on any atom is -0.489 e. The highest BCUT2D eigenvalue weighted by molar-refractivity contribution is 7.20. The lowest BCUT2D eigenvalue weighted by molar-refractivity contribution is -0.265. The molecular formula is C26H20F4N4O4S. The summed E-state index contributed by atoms with van der Waals surface area (Å²) in [5, 5.41) is 13.9. The third-order valence-corrected chi connectivity index (χ3v) is 7.71. The monoisotopic (exact) mass is 560 g/mol. The molecule has 202 valence electrons. The predicted octanol–water partition coefficient (Wildman–Crippen LogP) is 3.81. The van der Waals surface area contributed by atoms with Crippen molar-refractivity contribution < 1.29 is 37.0 Å². The summed E-state index contributed by atoms with van der Waals surface area (Å²) in [5.74, 6) is -2.34. The zero-order valence-corrected chi connectivity index (χ0v) is 21.0. The van der Waals surface area contributed by atoms with Gasteiger partial charge in [-0.25, -0.2) is 14.4 Å². The van der Waals surface area contributed by atoms with Crippen LogP contribution in [0.4, 0.5) is 17.6 Å². The average Bonchev–Trinajstić information content (AvgIpc) is 3.49. The first-order chi connectivity index (χ1) is 18.3. The van der Waals surface area contributed by atoms with Crippen LogP contribution < -0.4 is 15.8 Å². The number of amides is 2. The van der Waals surface area contributed by atoms with Gasteiger partial charge < -0.3 is 20.9 Å². The van der Waals surface area contributed by atoms with E-state index in [-0.39, 0.29) is 34.1 Å². The Morgan fingerprint density at radius 1 is 1.21 bits per heavy atom. The zero-order valence-electron chi connectivity index (χ0n) is 20.2. The van der Waals surface area contributed by atoms with Gasteiger partial charge in [0.05, 0.1) is 17.1 Å². The maximum Gasteiger partial charge on any atom is 0.424 e. The Morgan fingerprint density at radius 3 is 2.56 bits per heavy atom. The number of aliphatic hydroxyl groups is 1. The number of nitrogens with two attached hydrogens (primary N) is 1. The summed E-state index contributed by atoms with van der Waals surface area (Å²) < 4.78 is 62.6. The van der Waals surface area contributed by atoms with Crippen LogP contribution in [0.3, 0.4) is 0 Å². The Bertz CT molecular complexity index is 1580. The highest BCUT2D eigenvalue weighted by Crippen LogP contribution is 2.47. The van der Waals surface area contributed by atoms with Crippen molar-refractivity contribution in [3.63, 3.8) is 0 Å². The van der Waals surface area contributed by atoms with Crippen molar-refractivity contribution in [2.75, 3.05) is 13.2 Å². The first kappa shape index (κ1) is 26.5. The van der Waals surface area contributed by atoms with Crippen LogP contribution in [0.25, 0.3) is 21.5 Å². The first-order valence-corrected chi connectivity index (χ1v) is 12.3. The quantitative estimate of drug-likeness (QED) is 0.308. The number of thiophene rings is 1. The zero-order chi connectivity index (χ0) is 28.2. The van der Waals surface area contributed by atoms with E-state index in [0.29, 0.717) is 10.2 Å². The average molecular weight is 561 g/mol. The third kappa shape index (κ3) is 4.46. The fraction of sp³-hybridized carbons (Fsp3) is 0.231. The largest absolute Gasteiger partial charge is 0.489 e. The second-order valence-corrected chi connectivity index (χ2v) is 10.3. The van der Waals surface area contributed by atoms with Crippen molar-refractivity contribution >= 4 is 33.4 Å². The molecule has 1 unspecified atom stereocenters. The number of carbonyl (C=O) groups is 2. The molecule has 4 N–H and O–H groups in total.